The van der Waals surface area contributed by atoms with E-state index in [1.807, 2.05) is 11.3 Å². The van der Waals surface area contributed by atoms with Gasteiger partial charge in [0.15, 0.2) is 0 Å². The largest absolute Gasteiger partial charge is 0.323 e. The van der Waals surface area contributed by atoms with Crippen LogP contribution in [-0.2, 0) is 6.42 Å². The Morgan fingerprint density at radius 1 is 1.05 bits per heavy atom. The molecule has 1 aliphatic rings. The van der Waals surface area contributed by atoms with Gasteiger partial charge in [-0.05, 0) is 58.7 Å². The molecule has 3 aromatic rings. The first-order chi connectivity index (χ1) is 10.3. The van der Waals surface area contributed by atoms with Crippen molar-refractivity contribution in [3.05, 3.63) is 69.9 Å². The molecule has 0 aliphatic heterocycles. The number of hydrogen-bond acceptors (Lipinski definition) is 2. The summed E-state index contributed by atoms with van der Waals surface area (Å²) in [7, 11) is 0. The molecule has 0 saturated heterocycles. The van der Waals surface area contributed by atoms with Crippen molar-refractivity contribution in [2.45, 2.75) is 31.2 Å². The van der Waals surface area contributed by atoms with Gasteiger partial charge in [0.2, 0.25) is 0 Å². The van der Waals surface area contributed by atoms with Gasteiger partial charge < -0.3 is 5.73 Å². The summed E-state index contributed by atoms with van der Waals surface area (Å²) in [4.78, 5) is 1.54. The Morgan fingerprint density at radius 2 is 1.90 bits per heavy atom. The molecule has 0 radical (unpaired) electrons. The lowest BCUT2D eigenvalue weighted by molar-refractivity contribution is 0.479. The Bertz CT molecular complexity index is 774. The number of thiophene rings is 1. The van der Waals surface area contributed by atoms with Gasteiger partial charge in [0, 0.05) is 16.8 Å². The average Bonchev–Trinajstić information content (AvgIpc) is 3.02. The Kier molecular flexibility index (Phi) is 3.28. The van der Waals surface area contributed by atoms with E-state index in [4.69, 9.17) is 5.73 Å². The molecule has 2 N–H and O–H groups in total. The van der Waals surface area contributed by atoms with E-state index in [2.05, 4.69) is 53.9 Å². The quantitative estimate of drug-likeness (QED) is 0.705. The Morgan fingerprint density at radius 3 is 2.81 bits per heavy atom. The number of aryl methyl sites for hydroxylation is 1. The van der Waals surface area contributed by atoms with Crippen LogP contribution in [0.25, 0.3) is 10.8 Å². The normalized spacial score (nSPS) is 19.4. The third-order valence-corrected chi connectivity index (χ3v) is 5.69. The lowest BCUT2D eigenvalue weighted by Gasteiger charge is -2.28. The van der Waals surface area contributed by atoms with Gasteiger partial charge in [-0.1, -0.05) is 36.4 Å². The van der Waals surface area contributed by atoms with Crippen molar-refractivity contribution in [1.82, 2.24) is 0 Å². The van der Waals surface area contributed by atoms with E-state index < -0.39 is 0 Å². The van der Waals surface area contributed by atoms with Gasteiger partial charge in [-0.15, -0.1) is 11.3 Å². The molecule has 0 bridgehead atoms. The minimum atomic E-state index is 0.100. The van der Waals surface area contributed by atoms with Crippen LogP contribution < -0.4 is 5.73 Å². The van der Waals surface area contributed by atoms with Crippen LogP contribution in [0.4, 0.5) is 0 Å². The third kappa shape index (κ3) is 2.29. The van der Waals surface area contributed by atoms with E-state index in [-0.39, 0.29) is 6.04 Å². The molecule has 2 heteroatoms. The molecule has 2 unspecified atom stereocenters. The molecule has 4 rings (SSSR count). The van der Waals surface area contributed by atoms with E-state index >= 15 is 0 Å². The maximum absolute atomic E-state index is 6.64. The summed E-state index contributed by atoms with van der Waals surface area (Å²) >= 11 is 1.89. The number of fused-ring (bicyclic) bond motifs is 2. The number of rotatable bonds is 2. The maximum atomic E-state index is 6.64. The van der Waals surface area contributed by atoms with Crippen LogP contribution in [-0.4, -0.2) is 0 Å². The molecule has 1 heterocycles. The van der Waals surface area contributed by atoms with E-state index in [0.29, 0.717) is 5.92 Å². The van der Waals surface area contributed by atoms with Crippen LogP contribution in [0.2, 0.25) is 0 Å². The van der Waals surface area contributed by atoms with E-state index in [1.54, 1.807) is 4.88 Å². The highest BCUT2D eigenvalue weighted by Gasteiger charge is 2.27. The monoisotopic (exact) mass is 293 g/mol. The molecule has 0 spiro atoms. The van der Waals surface area contributed by atoms with Crippen molar-refractivity contribution in [1.29, 1.82) is 0 Å². The van der Waals surface area contributed by atoms with Crippen LogP contribution in [0.1, 0.15) is 40.8 Å². The summed E-state index contributed by atoms with van der Waals surface area (Å²) in [6.45, 7) is 0. The first kappa shape index (κ1) is 13.1. The molecule has 1 nitrogen and oxygen atoms in total. The van der Waals surface area contributed by atoms with Gasteiger partial charge in [-0.3, -0.25) is 0 Å². The highest BCUT2D eigenvalue weighted by molar-refractivity contribution is 7.10. The summed E-state index contributed by atoms with van der Waals surface area (Å²) in [5.74, 6) is 0.473. The Labute approximate surface area is 129 Å². The smallest absolute Gasteiger partial charge is 0.0365 e. The van der Waals surface area contributed by atoms with Crippen molar-refractivity contribution in [3.8, 4) is 0 Å². The zero-order chi connectivity index (χ0) is 14.2. The Hall–Kier alpha value is -1.64. The minimum Gasteiger partial charge on any atom is -0.323 e. The third-order valence-electron chi connectivity index (χ3n) is 4.69. The fourth-order valence-electron chi connectivity index (χ4n) is 3.54. The SMILES string of the molecule is NC(c1ccc2ccccc2c1)C1CCCc2sccc21. The molecule has 106 valence electrons. The summed E-state index contributed by atoms with van der Waals surface area (Å²) in [6, 6.07) is 17.5. The molecule has 2 atom stereocenters. The maximum Gasteiger partial charge on any atom is 0.0365 e. The standard InChI is InChI=1S/C19H19NS/c20-19(17-6-3-7-18-16(17)10-11-21-18)15-9-8-13-4-1-2-5-14(13)12-15/h1-2,4-5,8-12,17,19H,3,6-7,20H2. The predicted octanol–water partition coefficient (Wildman–Crippen LogP) is 5.02. The second-order valence-electron chi connectivity index (χ2n) is 5.93. The Balaban J connectivity index is 1.72. The van der Waals surface area contributed by atoms with Crippen LogP contribution in [0.15, 0.2) is 53.9 Å². The first-order valence-electron chi connectivity index (χ1n) is 7.63. The highest BCUT2D eigenvalue weighted by atomic mass is 32.1. The van der Waals surface area contributed by atoms with Crippen LogP contribution in [0, 0.1) is 0 Å². The summed E-state index contributed by atoms with van der Waals surface area (Å²) < 4.78 is 0. The van der Waals surface area contributed by atoms with Gasteiger partial charge in [-0.25, -0.2) is 0 Å². The topological polar surface area (TPSA) is 26.0 Å². The van der Waals surface area contributed by atoms with E-state index in [9.17, 15) is 0 Å². The fraction of sp³-hybridized carbons (Fsp3) is 0.263. The second-order valence-corrected chi connectivity index (χ2v) is 6.93. The van der Waals surface area contributed by atoms with E-state index in [0.717, 1.165) is 0 Å². The van der Waals surface area contributed by atoms with Gasteiger partial charge in [0.05, 0.1) is 0 Å². The molecule has 21 heavy (non-hydrogen) atoms. The zero-order valence-corrected chi connectivity index (χ0v) is 12.8. The minimum absolute atomic E-state index is 0.100. The van der Waals surface area contributed by atoms with Crippen LogP contribution in [0.3, 0.4) is 0 Å². The van der Waals surface area contributed by atoms with Crippen molar-refractivity contribution in [3.63, 3.8) is 0 Å². The average molecular weight is 293 g/mol. The van der Waals surface area contributed by atoms with Gasteiger partial charge >= 0.3 is 0 Å². The summed E-state index contributed by atoms with van der Waals surface area (Å²) in [6.07, 6.45) is 3.70. The lowest BCUT2D eigenvalue weighted by Crippen LogP contribution is -2.22. The number of benzene rings is 2. The number of nitrogens with two attached hydrogens (primary N) is 1. The molecule has 1 aliphatic carbocycles. The van der Waals surface area contributed by atoms with Gasteiger partial charge in [0.25, 0.3) is 0 Å². The summed E-state index contributed by atoms with van der Waals surface area (Å²) in [5, 5.41) is 4.79. The number of hydrogen-bond donors (Lipinski definition) is 1. The molecular formula is C19H19NS. The molecule has 2 aromatic carbocycles. The lowest BCUT2D eigenvalue weighted by atomic mass is 9.80. The molecule has 0 saturated carbocycles. The van der Waals surface area contributed by atoms with Gasteiger partial charge in [-0.2, -0.15) is 0 Å². The van der Waals surface area contributed by atoms with Gasteiger partial charge in [0.1, 0.15) is 0 Å². The highest BCUT2D eigenvalue weighted by Crippen LogP contribution is 2.41. The van der Waals surface area contributed by atoms with Crippen molar-refractivity contribution < 1.29 is 0 Å². The molecule has 1 aromatic heterocycles. The fourth-order valence-corrected chi connectivity index (χ4v) is 4.54. The van der Waals surface area contributed by atoms with Crippen molar-refractivity contribution >= 4 is 22.1 Å². The van der Waals surface area contributed by atoms with Crippen LogP contribution in [0.5, 0.6) is 0 Å². The second kappa shape index (κ2) is 5.28. The summed E-state index contributed by atoms with van der Waals surface area (Å²) in [5.41, 5.74) is 9.39. The zero-order valence-electron chi connectivity index (χ0n) is 12.0. The van der Waals surface area contributed by atoms with Crippen molar-refractivity contribution in [2.24, 2.45) is 5.73 Å². The predicted molar refractivity (Wildman–Crippen MR) is 90.9 cm³/mol. The van der Waals surface area contributed by atoms with E-state index in [1.165, 1.54) is 41.2 Å². The molecular weight excluding hydrogens is 274 g/mol. The molecule has 0 fully saturated rings. The van der Waals surface area contributed by atoms with Crippen molar-refractivity contribution in [2.75, 3.05) is 0 Å². The van der Waals surface area contributed by atoms with Crippen LogP contribution >= 0.6 is 11.3 Å². The first-order valence-corrected chi connectivity index (χ1v) is 8.51. The molecule has 0 amide bonds.